The van der Waals surface area contributed by atoms with Gasteiger partial charge >= 0.3 is 0 Å². The monoisotopic (exact) mass is 587 g/mol. The second kappa shape index (κ2) is 12.2. The first-order chi connectivity index (χ1) is 17.6. The number of rotatable bonds is 10. The number of nitrogens with one attached hydrogen (secondary N) is 1. The number of anilines is 1. The fourth-order valence-corrected chi connectivity index (χ4v) is 5.60. The maximum Gasteiger partial charge on any atom is 0.264 e. The molecule has 0 aliphatic carbocycles. The zero-order valence-electron chi connectivity index (χ0n) is 21.1. The highest BCUT2D eigenvalue weighted by molar-refractivity contribution is 9.10. The van der Waals surface area contributed by atoms with Crippen molar-refractivity contribution in [3.05, 3.63) is 88.4 Å². The number of carbonyl (C=O) groups excluding carboxylic acids is 2. The number of carbonyl (C=O) groups is 2. The van der Waals surface area contributed by atoms with E-state index in [-0.39, 0.29) is 17.3 Å². The molecular formula is C27H30BrN3O5S. The van der Waals surface area contributed by atoms with E-state index in [2.05, 4.69) is 21.2 Å². The quantitative estimate of drug-likeness (QED) is 0.385. The molecule has 0 bridgehead atoms. The van der Waals surface area contributed by atoms with Gasteiger partial charge in [0, 0.05) is 18.1 Å². The molecule has 0 aromatic heterocycles. The van der Waals surface area contributed by atoms with Crippen LogP contribution in [0, 0.1) is 6.92 Å². The number of aryl methyl sites for hydroxylation is 1. The normalized spacial score (nSPS) is 11.9. The number of nitrogens with zero attached hydrogens (tertiary/aromatic N) is 2. The molecule has 3 aromatic rings. The highest BCUT2D eigenvalue weighted by Crippen LogP contribution is 2.26. The molecule has 0 radical (unpaired) electrons. The molecule has 0 aliphatic rings. The van der Waals surface area contributed by atoms with Crippen molar-refractivity contribution in [1.82, 2.24) is 10.2 Å². The molecule has 3 aromatic carbocycles. The van der Waals surface area contributed by atoms with E-state index < -0.39 is 28.5 Å². The van der Waals surface area contributed by atoms with Crippen LogP contribution in [0.25, 0.3) is 0 Å². The topological polar surface area (TPSA) is 96.0 Å². The summed E-state index contributed by atoms with van der Waals surface area (Å²) in [7, 11) is -1.14. The Morgan fingerprint density at radius 3 is 2.24 bits per heavy atom. The zero-order valence-corrected chi connectivity index (χ0v) is 23.5. The fraction of sp³-hybridized carbons (Fsp3) is 0.259. The van der Waals surface area contributed by atoms with E-state index in [4.69, 9.17) is 4.74 Å². The van der Waals surface area contributed by atoms with Gasteiger partial charge in [0.2, 0.25) is 11.8 Å². The number of ether oxygens (including phenoxy) is 1. The Morgan fingerprint density at radius 2 is 1.68 bits per heavy atom. The summed E-state index contributed by atoms with van der Waals surface area (Å²) in [6, 6.07) is 19.4. The van der Waals surface area contributed by atoms with Crippen LogP contribution in [0.15, 0.2) is 82.2 Å². The van der Waals surface area contributed by atoms with E-state index in [9.17, 15) is 18.0 Å². The van der Waals surface area contributed by atoms with Gasteiger partial charge in [-0.25, -0.2) is 8.42 Å². The van der Waals surface area contributed by atoms with Gasteiger partial charge in [0.05, 0.1) is 17.7 Å². The smallest absolute Gasteiger partial charge is 0.264 e. The predicted octanol–water partition coefficient (Wildman–Crippen LogP) is 4.12. The molecule has 37 heavy (non-hydrogen) atoms. The molecule has 196 valence electrons. The molecule has 1 unspecified atom stereocenters. The second-order valence-corrected chi connectivity index (χ2v) is 11.2. The lowest BCUT2D eigenvalue weighted by Gasteiger charge is -2.31. The van der Waals surface area contributed by atoms with Crippen LogP contribution >= 0.6 is 15.9 Å². The first kappa shape index (κ1) is 28.2. The number of amides is 2. The summed E-state index contributed by atoms with van der Waals surface area (Å²) >= 11 is 3.43. The van der Waals surface area contributed by atoms with Gasteiger partial charge in [0.25, 0.3) is 10.0 Å². The molecule has 10 heteroatoms. The standard InChI is InChI=1S/C27H30BrN3O5S/c1-19-8-10-23(11-9-19)31(37(34,35)25-14-12-24(36-4)13-15-25)18-26(32)30(20(2)27(33)29-3)17-21-6-5-7-22(28)16-21/h5-16,20H,17-18H2,1-4H3,(H,29,33). The van der Waals surface area contributed by atoms with Crippen LogP contribution in [0.2, 0.25) is 0 Å². The number of benzene rings is 3. The number of halogens is 1. The van der Waals surface area contributed by atoms with Gasteiger partial charge in [0.1, 0.15) is 18.3 Å². The van der Waals surface area contributed by atoms with Gasteiger partial charge in [-0.1, -0.05) is 45.8 Å². The van der Waals surface area contributed by atoms with Crippen molar-refractivity contribution in [2.24, 2.45) is 0 Å². The Hall–Kier alpha value is -3.37. The van der Waals surface area contributed by atoms with Crippen LogP contribution in [-0.2, 0) is 26.2 Å². The molecule has 1 atom stereocenters. The molecular weight excluding hydrogens is 558 g/mol. The molecule has 0 fully saturated rings. The van der Waals surface area contributed by atoms with Gasteiger partial charge in [-0.15, -0.1) is 0 Å². The first-order valence-electron chi connectivity index (χ1n) is 11.6. The molecule has 0 saturated heterocycles. The van der Waals surface area contributed by atoms with Crippen LogP contribution in [0.1, 0.15) is 18.1 Å². The molecule has 2 amide bonds. The Labute approximate surface area is 226 Å². The number of hydrogen-bond donors (Lipinski definition) is 1. The Kier molecular flexibility index (Phi) is 9.34. The largest absolute Gasteiger partial charge is 0.497 e. The number of methoxy groups -OCH3 is 1. The average Bonchev–Trinajstić information content (AvgIpc) is 2.90. The van der Waals surface area contributed by atoms with Crippen LogP contribution < -0.4 is 14.4 Å². The van der Waals surface area contributed by atoms with Crippen molar-refractivity contribution in [3.8, 4) is 5.75 Å². The lowest BCUT2D eigenvalue weighted by atomic mass is 10.1. The van der Waals surface area contributed by atoms with E-state index in [1.807, 2.05) is 31.2 Å². The molecule has 3 rings (SSSR count). The molecule has 8 nitrogen and oxygen atoms in total. The van der Waals surface area contributed by atoms with Crippen molar-refractivity contribution in [1.29, 1.82) is 0 Å². The summed E-state index contributed by atoms with van der Waals surface area (Å²) in [4.78, 5) is 27.7. The van der Waals surface area contributed by atoms with Crippen LogP contribution in [-0.4, -0.2) is 51.9 Å². The van der Waals surface area contributed by atoms with Gasteiger partial charge in [-0.05, 0) is 67.9 Å². The Morgan fingerprint density at radius 1 is 1.03 bits per heavy atom. The third kappa shape index (κ3) is 6.90. The second-order valence-electron chi connectivity index (χ2n) is 8.46. The van der Waals surface area contributed by atoms with Gasteiger partial charge in [0.15, 0.2) is 0 Å². The van der Waals surface area contributed by atoms with Gasteiger partial charge in [-0.2, -0.15) is 0 Å². The maximum atomic E-state index is 13.8. The van der Waals surface area contributed by atoms with Gasteiger partial charge < -0.3 is 15.0 Å². The van der Waals surface area contributed by atoms with Crippen LogP contribution in [0.5, 0.6) is 5.75 Å². The van der Waals surface area contributed by atoms with E-state index >= 15 is 0 Å². The Balaban J connectivity index is 2.02. The highest BCUT2D eigenvalue weighted by Gasteiger charge is 2.32. The summed E-state index contributed by atoms with van der Waals surface area (Å²) in [5, 5.41) is 2.57. The van der Waals surface area contributed by atoms with Gasteiger partial charge in [-0.3, -0.25) is 13.9 Å². The minimum atomic E-state index is -4.13. The SMILES string of the molecule is CNC(=O)C(C)N(Cc1cccc(Br)c1)C(=O)CN(c1ccc(C)cc1)S(=O)(=O)c1ccc(OC)cc1. The molecule has 0 heterocycles. The number of likely N-dealkylation sites (N-methyl/N-ethyl adjacent to an activating group) is 1. The van der Waals surface area contributed by atoms with E-state index in [1.54, 1.807) is 43.3 Å². The van der Waals surface area contributed by atoms with Crippen LogP contribution in [0.3, 0.4) is 0 Å². The van der Waals surface area contributed by atoms with E-state index in [0.717, 1.165) is 19.9 Å². The average molecular weight is 589 g/mol. The lowest BCUT2D eigenvalue weighted by molar-refractivity contribution is -0.139. The molecule has 0 aliphatic heterocycles. The summed E-state index contributed by atoms with van der Waals surface area (Å²) in [6.07, 6.45) is 0. The van der Waals surface area contributed by atoms with E-state index in [0.29, 0.717) is 11.4 Å². The third-order valence-corrected chi connectivity index (χ3v) is 8.19. The lowest BCUT2D eigenvalue weighted by Crippen LogP contribution is -2.50. The minimum absolute atomic E-state index is 0.0135. The first-order valence-corrected chi connectivity index (χ1v) is 13.8. The zero-order chi connectivity index (χ0) is 27.2. The van der Waals surface area contributed by atoms with Crippen molar-refractivity contribution < 1.29 is 22.7 Å². The summed E-state index contributed by atoms with van der Waals surface area (Å²) in [6.45, 7) is 3.13. The summed E-state index contributed by atoms with van der Waals surface area (Å²) in [5.41, 5.74) is 2.07. The van der Waals surface area contributed by atoms with Crippen molar-refractivity contribution in [3.63, 3.8) is 0 Å². The highest BCUT2D eigenvalue weighted by atomic mass is 79.9. The molecule has 0 saturated carbocycles. The number of sulfonamides is 1. The molecule has 1 N–H and O–H groups in total. The van der Waals surface area contributed by atoms with Crippen molar-refractivity contribution in [2.45, 2.75) is 31.3 Å². The molecule has 0 spiro atoms. The predicted molar refractivity (Wildman–Crippen MR) is 147 cm³/mol. The maximum absolute atomic E-state index is 13.8. The van der Waals surface area contributed by atoms with Crippen molar-refractivity contribution in [2.75, 3.05) is 25.0 Å². The van der Waals surface area contributed by atoms with E-state index in [1.165, 1.54) is 31.2 Å². The third-order valence-electron chi connectivity index (χ3n) is 5.90. The number of hydrogen-bond acceptors (Lipinski definition) is 5. The van der Waals surface area contributed by atoms with Crippen LogP contribution in [0.4, 0.5) is 5.69 Å². The Bertz CT molecular complexity index is 1350. The van der Waals surface area contributed by atoms with Crippen molar-refractivity contribution >= 4 is 43.5 Å². The summed E-state index contributed by atoms with van der Waals surface area (Å²) in [5.74, 6) is -0.367. The fourth-order valence-electron chi connectivity index (χ4n) is 3.74. The summed E-state index contributed by atoms with van der Waals surface area (Å²) < 4.78 is 34.6. The minimum Gasteiger partial charge on any atom is -0.497 e.